The number of rotatable bonds is 8. The molecule has 1 aromatic heterocycles. The van der Waals surface area contributed by atoms with Gasteiger partial charge in [0.15, 0.2) is 0 Å². The summed E-state index contributed by atoms with van der Waals surface area (Å²) < 4.78 is 5.91. The quantitative estimate of drug-likeness (QED) is 0.604. The molecule has 1 saturated carbocycles. The summed E-state index contributed by atoms with van der Waals surface area (Å²) in [7, 11) is 0. The Balaban J connectivity index is 1.90. The van der Waals surface area contributed by atoms with Crippen molar-refractivity contribution in [2.24, 2.45) is 5.92 Å². The number of carbonyl (C=O) groups is 1. The van der Waals surface area contributed by atoms with Gasteiger partial charge in [0.25, 0.3) is 0 Å². The van der Waals surface area contributed by atoms with Crippen LogP contribution >= 0.6 is 0 Å². The first-order chi connectivity index (χ1) is 13.6. The van der Waals surface area contributed by atoms with E-state index in [1.165, 1.54) is 32.1 Å². The third-order valence-electron chi connectivity index (χ3n) is 5.59. The van der Waals surface area contributed by atoms with E-state index in [0.717, 1.165) is 41.8 Å². The van der Waals surface area contributed by atoms with Crippen LogP contribution in [0.2, 0.25) is 0 Å². The predicted molar refractivity (Wildman–Crippen MR) is 112 cm³/mol. The standard InChI is InChI=1S/C24H31NO3/c1-3-15-28-23-14-9-17(2)16-20(23)22-13-11-19(24(26)27)21(25-22)12-10-18-7-5-4-6-8-18/h9,11,13-14,16,18H,3-8,10,12,15H2,1-2H3,(H,26,27). The Morgan fingerprint density at radius 2 is 1.96 bits per heavy atom. The van der Waals surface area contributed by atoms with Gasteiger partial charge < -0.3 is 9.84 Å². The summed E-state index contributed by atoms with van der Waals surface area (Å²) in [6.45, 7) is 4.78. The van der Waals surface area contributed by atoms with E-state index in [0.29, 0.717) is 23.8 Å². The van der Waals surface area contributed by atoms with Crippen molar-refractivity contribution in [3.63, 3.8) is 0 Å². The van der Waals surface area contributed by atoms with Crippen LogP contribution in [0.5, 0.6) is 5.75 Å². The molecule has 0 saturated heterocycles. The Bertz CT molecular complexity index is 809. The molecule has 28 heavy (non-hydrogen) atoms. The van der Waals surface area contributed by atoms with Gasteiger partial charge in [0, 0.05) is 5.56 Å². The van der Waals surface area contributed by atoms with Crippen molar-refractivity contribution in [1.29, 1.82) is 0 Å². The Kier molecular flexibility index (Phi) is 7.07. The van der Waals surface area contributed by atoms with Crippen LogP contribution in [-0.2, 0) is 6.42 Å². The lowest BCUT2D eigenvalue weighted by atomic mass is 9.85. The second-order valence-electron chi connectivity index (χ2n) is 7.89. The average Bonchev–Trinajstić information content (AvgIpc) is 2.71. The molecule has 0 amide bonds. The summed E-state index contributed by atoms with van der Waals surface area (Å²) in [5, 5.41) is 9.61. The fourth-order valence-electron chi connectivity index (χ4n) is 4.04. The first-order valence-electron chi connectivity index (χ1n) is 10.6. The van der Waals surface area contributed by atoms with Crippen molar-refractivity contribution in [2.75, 3.05) is 6.61 Å². The van der Waals surface area contributed by atoms with Crippen LogP contribution in [0.3, 0.4) is 0 Å². The maximum absolute atomic E-state index is 11.7. The number of carboxylic acid groups (broad SMARTS) is 1. The van der Waals surface area contributed by atoms with Crippen molar-refractivity contribution in [2.45, 2.75) is 65.2 Å². The van der Waals surface area contributed by atoms with Crippen molar-refractivity contribution < 1.29 is 14.6 Å². The SMILES string of the molecule is CCCOc1ccc(C)cc1-c1ccc(C(=O)O)c(CCC2CCCCC2)n1. The second kappa shape index (κ2) is 9.72. The van der Waals surface area contributed by atoms with Gasteiger partial charge in [-0.05, 0) is 56.4 Å². The van der Waals surface area contributed by atoms with Gasteiger partial charge in [0.05, 0.1) is 23.6 Å². The average molecular weight is 382 g/mol. The highest BCUT2D eigenvalue weighted by atomic mass is 16.5. The molecule has 1 aliphatic carbocycles. The number of carboxylic acids is 1. The molecular formula is C24H31NO3. The first kappa shape index (κ1) is 20.4. The van der Waals surface area contributed by atoms with Gasteiger partial charge >= 0.3 is 5.97 Å². The van der Waals surface area contributed by atoms with Gasteiger partial charge in [-0.15, -0.1) is 0 Å². The van der Waals surface area contributed by atoms with Gasteiger partial charge in [-0.2, -0.15) is 0 Å². The highest BCUT2D eigenvalue weighted by Gasteiger charge is 2.18. The molecule has 0 unspecified atom stereocenters. The predicted octanol–water partition coefficient (Wildman–Crippen LogP) is 6.06. The number of ether oxygens (including phenoxy) is 1. The summed E-state index contributed by atoms with van der Waals surface area (Å²) in [4.78, 5) is 16.5. The normalized spacial score (nSPS) is 14.8. The van der Waals surface area contributed by atoms with Crippen LogP contribution in [0.4, 0.5) is 0 Å². The molecule has 0 bridgehead atoms. The zero-order valence-electron chi connectivity index (χ0n) is 17.0. The Morgan fingerprint density at radius 1 is 1.18 bits per heavy atom. The number of pyridine rings is 1. The number of hydrogen-bond donors (Lipinski definition) is 1. The Hall–Kier alpha value is -2.36. The largest absolute Gasteiger partial charge is 0.493 e. The molecule has 0 atom stereocenters. The third kappa shape index (κ3) is 5.12. The summed E-state index contributed by atoms with van der Waals surface area (Å²) in [5.74, 6) is 0.605. The molecule has 1 heterocycles. The topological polar surface area (TPSA) is 59.4 Å². The van der Waals surface area contributed by atoms with Gasteiger partial charge in [0.1, 0.15) is 5.75 Å². The van der Waals surface area contributed by atoms with Crippen LogP contribution in [0.15, 0.2) is 30.3 Å². The summed E-state index contributed by atoms with van der Waals surface area (Å²) in [6, 6.07) is 9.59. The Morgan fingerprint density at radius 3 is 2.68 bits per heavy atom. The smallest absolute Gasteiger partial charge is 0.337 e. The zero-order chi connectivity index (χ0) is 19.9. The molecule has 1 aromatic carbocycles. The third-order valence-corrected chi connectivity index (χ3v) is 5.59. The van der Waals surface area contributed by atoms with Crippen LogP contribution < -0.4 is 4.74 Å². The van der Waals surface area contributed by atoms with Crippen molar-refractivity contribution in [1.82, 2.24) is 4.98 Å². The molecule has 0 spiro atoms. The van der Waals surface area contributed by atoms with Crippen molar-refractivity contribution in [3.05, 3.63) is 47.2 Å². The number of aromatic carboxylic acids is 1. The van der Waals surface area contributed by atoms with E-state index in [1.807, 2.05) is 19.1 Å². The zero-order valence-corrected chi connectivity index (χ0v) is 17.0. The highest BCUT2D eigenvalue weighted by Crippen LogP contribution is 2.32. The lowest BCUT2D eigenvalue weighted by Gasteiger charge is -2.21. The fraction of sp³-hybridized carbons (Fsp3) is 0.500. The van der Waals surface area contributed by atoms with Gasteiger partial charge in [0.2, 0.25) is 0 Å². The van der Waals surface area contributed by atoms with Crippen molar-refractivity contribution >= 4 is 5.97 Å². The summed E-state index contributed by atoms with van der Waals surface area (Å²) >= 11 is 0. The number of benzene rings is 1. The van der Waals surface area contributed by atoms with Gasteiger partial charge in [-0.25, -0.2) is 4.79 Å². The van der Waals surface area contributed by atoms with E-state index in [2.05, 4.69) is 13.0 Å². The molecule has 4 nitrogen and oxygen atoms in total. The van der Waals surface area contributed by atoms with Crippen molar-refractivity contribution in [3.8, 4) is 17.0 Å². The molecular weight excluding hydrogens is 350 g/mol. The van der Waals surface area contributed by atoms with Crippen LogP contribution in [0.1, 0.15) is 73.5 Å². The summed E-state index contributed by atoms with van der Waals surface area (Å²) in [6.07, 6.45) is 9.12. The maximum Gasteiger partial charge on any atom is 0.337 e. The second-order valence-corrected chi connectivity index (χ2v) is 7.89. The molecule has 4 heteroatoms. The van der Waals surface area contributed by atoms with Crippen LogP contribution in [0.25, 0.3) is 11.3 Å². The highest BCUT2D eigenvalue weighted by molar-refractivity contribution is 5.89. The van der Waals surface area contributed by atoms with E-state index in [1.54, 1.807) is 12.1 Å². The number of nitrogens with zero attached hydrogens (tertiary/aromatic N) is 1. The molecule has 3 rings (SSSR count). The fourth-order valence-corrected chi connectivity index (χ4v) is 4.04. The molecule has 0 aliphatic heterocycles. The van der Waals surface area contributed by atoms with E-state index in [4.69, 9.17) is 9.72 Å². The summed E-state index contributed by atoms with van der Waals surface area (Å²) in [5.41, 5.74) is 3.87. The molecule has 0 radical (unpaired) electrons. The lowest BCUT2D eigenvalue weighted by molar-refractivity contribution is 0.0695. The minimum absolute atomic E-state index is 0.322. The minimum atomic E-state index is -0.899. The molecule has 2 aromatic rings. The number of aryl methyl sites for hydroxylation is 2. The molecule has 1 aliphatic rings. The van der Waals surface area contributed by atoms with E-state index >= 15 is 0 Å². The van der Waals surface area contributed by atoms with E-state index < -0.39 is 5.97 Å². The van der Waals surface area contributed by atoms with Gasteiger partial charge in [-0.1, -0.05) is 50.7 Å². The monoisotopic (exact) mass is 381 g/mol. The number of aromatic nitrogens is 1. The Labute approximate surface area is 168 Å². The number of hydrogen-bond acceptors (Lipinski definition) is 3. The van der Waals surface area contributed by atoms with Gasteiger partial charge in [-0.3, -0.25) is 4.98 Å². The first-order valence-corrected chi connectivity index (χ1v) is 10.6. The molecule has 1 fully saturated rings. The minimum Gasteiger partial charge on any atom is -0.493 e. The molecule has 1 N–H and O–H groups in total. The molecule has 150 valence electrons. The lowest BCUT2D eigenvalue weighted by Crippen LogP contribution is -2.11. The van der Waals surface area contributed by atoms with Crippen LogP contribution in [0, 0.1) is 12.8 Å². The van der Waals surface area contributed by atoms with E-state index in [9.17, 15) is 9.90 Å². The van der Waals surface area contributed by atoms with E-state index in [-0.39, 0.29) is 0 Å². The van der Waals surface area contributed by atoms with Crippen LogP contribution in [-0.4, -0.2) is 22.7 Å². The maximum atomic E-state index is 11.7.